The molecule has 0 saturated carbocycles. The fraction of sp³-hybridized carbons (Fsp3) is 0. The largest absolute Gasteiger partial charge is 0.289 e. The molecule has 0 aromatic carbocycles. The van der Waals surface area contributed by atoms with Crippen LogP contribution in [0.25, 0.3) is 16.0 Å². The number of allylic oxidation sites excluding steroid dienone is 1. The molecule has 0 radical (unpaired) electrons. The number of rotatable bonds is 4. The molecule has 3 aromatic rings. The molecule has 0 aliphatic rings. The van der Waals surface area contributed by atoms with Crippen molar-refractivity contribution in [2.45, 2.75) is 0 Å². The zero-order valence-electron chi connectivity index (χ0n) is 10.4. The molecular formula is C15H10N2OS2. The van der Waals surface area contributed by atoms with Gasteiger partial charge in [0.2, 0.25) is 0 Å². The lowest BCUT2D eigenvalue weighted by Crippen LogP contribution is -1.93. The van der Waals surface area contributed by atoms with Gasteiger partial charge in [0.25, 0.3) is 0 Å². The Bertz CT molecular complexity index is 730. The Morgan fingerprint density at radius 3 is 2.90 bits per heavy atom. The van der Waals surface area contributed by atoms with E-state index in [-0.39, 0.29) is 5.78 Å². The van der Waals surface area contributed by atoms with Gasteiger partial charge in [-0.2, -0.15) is 0 Å². The summed E-state index contributed by atoms with van der Waals surface area (Å²) in [7, 11) is 0. The number of carbonyl (C=O) groups is 1. The third-order valence-corrected chi connectivity index (χ3v) is 4.51. The van der Waals surface area contributed by atoms with Crippen LogP contribution in [-0.4, -0.2) is 15.8 Å². The van der Waals surface area contributed by atoms with Crippen LogP contribution in [0.5, 0.6) is 0 Å². The maximum absolute atomic E-state index is 11.9. The van der Waals surface area contributed by atoms with E-state index in [0.717, 1.165) is 15.6 Å². The maximum atomic E-state index is 11.9. The van der Waals surface area contributed by atoms with Crippen LogP contribution in [0.2, 0.25) is 0 Å². The number of nitrogens with zero attached hydrogens (tertiary/aromatic N) is 2. The van der Waals surface area contributed by atoms with Crippen molar-refractivity contribution in [1.29, 1.82) is 0 Å². The number of pyridine rings is 1. The number of aromatic nitrogens is 2. The van der Waals surface area contributed by atoms with Crippen LogP contribution < -0.4 is 0 Å². The first-order chi connectivity index (χ1) is 9.83. The third kappa shape index (κ3) is 2.89. The van der Waals surface area contributed by atoms with Crippen LogP contribution in [0, 0.1) is 0 Å². The van der Waals surface area contributed by atoms with Crippen molar-refractivity contribution in [3.05, 3.63) is 64.8 Å². The predicted molar refractivity (Wildman–Crippen MR) is 83.0 cm³/mol. The summed E-state index contributed by atoms with van der Waals surface area (Å²) < 4.78 is 0. The second-order valence-corrected chi connectivity index (χ2v) is 5.80. The summed E-state index contributed by atoms with van der Waals surface area (Å²) in [4.78, 5) is 21.5. The first-order valence-electron chi connectivity index (χ1n) is 5.95. The second-order valence-electron chi connectivity index (χ2n) is 3.99. The molecule has 3 heterocycles. The number of hydrogen-bond acceptors (Lipinski definition) is 5. The molecule has 0 bridgehead atoms. The first-order valence-corrected chi connectivity index (χ1v) is 7.71. The van der Waals surface area contributed by atoms with Gasteiger partial charge in [-0.05, 0) is 35.7 Å². The molecule has 3 aromatic heterocycles. The lowest BCUT2D eigenvalue weighted by atomic mass is 10.2. The lowest BCUT2D eigenvalue weighted by Gasteiger charge is -1.92. The molecule has 0 saturated heterocycles. The minimum atomic E-state index is -0.0660. The Morgan fingerprint density at radius 1 is 1.20 bits per heavy atom. The summed E-state index contributed by atoms with van der Waals surface area (Å²) in [6, 6.07) is 7.54. The molecule has 0 aliphatic heterocycles. The summed E-state index contributed by atoms with van der Waals surface area (Å²) in [5, 5.41) is 4.95. The average molecular weight is 298 g/mol. The van der Waals surface area contributed by atoms with E-state index in [4.69, 9.17) is 0 Å². The quantitative estimate of drug-likeness (QED) is 0.536. The summed E-state index contributed by atoms with van der Waals surface area (Å²) in [5.74, 6) is -0.0660. The molecule has 0 atom stereocenters. The highest BCUT2D eigenvalue weighted by Crippen LogP contribution is 2.28. The number of ketones is 1. The monoisotopic (exact) mass is 298 g/mol. The fourth-order valence-corrected chi connectivity index (χ4v) is 3.24. The van der Waals surface area contributed by atoms with Crippen LogP contribution in [0.4, 0.5) is 0 Å². The van der Waals surface area contributed by atoms with Gasteiger partial charge in [-0.15, -0.1) is 22.7 Å². The highest BCUT2D eigenvalue weighted by atomic mass is 32.1. The van der Waals surface area contributed by atoms with Crippen molar-refractivity contribution in [1.82, 2.24) is 9.97 Å². The third-order valence-electron chi connectivity index (χ3n) is 2.61. The minimum absolute atomic E-state index is 0.0660. The molecule has 3 nitrogen and oxygen atoms in total. The molecule has 3 rings (SSSR count). The summed E-state index contributed by atoms with van der Waals surface area (Å²) in [6.07, 6.45) is 6.48. The molecule has 0 spiro atoms. The van der Waals surface area contributed by atoms with E-state index in [9.17, 15) is 4.79 Å². The summed E-state index contributed by atoms with van der Waals surface area (Å²) >= 11 is 3.24. The van der Waals surface area contributed by atoms with Gasteiger partial charge in [-0.1, -0.05) is 6.07 Å². The standard InChI is InChI=1S/C15H10N2OS2/c18-13(11-3-1-7-16-9-11)6-5-12-10-20-15(17-12)14-4-2-8-19-14/h1-10H/b6-5-. The van der Waals surface area contributed by atoms with Crippen LogP contribution in [-0.2, 0) is 0 Å². The van der Waals surface area contributed by atoms with Crippen molar-refractivity contribution in [3.8, 4) is 9.88 Å². The molecule has 5 heteroatoms. The Labute approximate surface area is 124 Å². The van der Waals surface area contributed by atoms with E-state index in [1.165, 1.54) is 6.08 Å². The molecule has 0 unspecified atom stereocenters. The van der Waals surface area contributed by atoms with Gasteiger partial charge in [0.05, 0.1) is 10.6 Å². The molecular weight excluding hydrogens is 288 g/mol. The van der Waals surface area contributed by atoms with Crippen LogP contribution in [0.1, 0.15) is 16.1 Å². The zero-order chi connectivity index (χ0) is 13.8. The van der Waals surface area contributed by atoms with Gasteiger partial charge in [0, 0.05) is 23.3 Å². The molecule has 0 amide bonds. The Hall–Kier alpha value is -2.11. The van der Waals surface area contributed by atoms with Gasteiger partial charge in [-0.3, -0.25) is 9.78 Å². The molecule has 0 aliphatic carbocycles. The zero-order valence-corrected chi connectivity index (χ0v) is 12.0. The van der Waals surface area contributed by atoms with Gasteiger partial charge < -0.3 is 0 Å². The SMILES string of the molecule is O=C(/C=C\c1csc(-c2cccs2)n1)c1cccnc1. The van der Waals surface area contributed by atoms with Gasteiger partial charge >= 0.3 is 0 Å². The second kappa shape index (κ2) is 5.90. The van der Waals surface area contributed by atoms with E-state index in [1.54, 1.807) is 53.3 Å². The molecule has 0 N–H and O–H groups in total. The van der Waals surface area contributed by atoms with E-state index in [0.29, 0.717) is 5.56 Å². The average Bonchev–Trinajstić information content (AvgIpc) is 3.16. The van der Waals surface area contributed by atoms with Gasteiger partial charge in [0.15, 0.2) is 5.78 Å². The summed E-state index contributed by atoms with van der Waals surface area (Å²) in [6.45, 7) is 0. The Balaban J connectivity index is 1.75. The number of thiazole rings is 1. The van der Waals surface area contributed by atoms with Crippen LogP contribution >= 0.6 is 22.7 Å². The highest BCUT2D eigenvalue weighted by Gasteiger charge is 2.05. The summed E-state index contributed by atoms with van der Waals surface area (Å²) in [5.41, 5.74) is 1.38. The Morgan fingerprint density at radius 2 is 2.15 bits per heavy atom. The number of hydrogen-bond donors (Lipinski definition) is 0. The van der Waals surface area contributed by atoms with E-state index < -0.39 is 0 Å². The fourth-order valence-electron chi connectivity index (χ4n) is 1.64. The van der Waals surface area contributed by atoms with Gasteiger partial charge in [0.1, 0.15) is 5.01 Å². The maximum Gasteiger partial charge on any atom is 0.187 e. The van der Waals surface area contributed by atoms with Crippen molar-refractivity contribution in [2.75, 3.05) is 0 Å². The molecule has 0 fully saturated rings. The van der Waals surface area contributed by atoms with Crippen LogP contribution in [0.15, 0.2) is 53.5 Å². The number of carbonyl (C=O) groups excluding carboxylic acids is 1. The van der Waals surface area contributed by atoms with Crippen molar-refractivity contribution in [3.63, 3.8) is 0 Å². The van der Waals surface area contributed by atoms with E-state index >= 15 is 0 Å². The first kappa shape index (κ1) is 12.9. The van der Waals surface area contributed by atoms with Crippen LogP contribution in [0.3, 0.4) is 0 Å². The minimum Gasteiger partial charge on any atom is -0.289 e. The van der Waals surface area contributed by atoms with Crippen molar-refractivity contribution in [2.24, 2.45) is 0 Å². The van der Waals surface area contributed by atoms with Crippen molar-refractivity contribution >= 4 is 34.5 Å². The van der Waals surface area contributed by atoms with E-state index in [2.05, 4.69) is 9.97 Å². The highest BCUT2D eigenvalue weighted by molar-refractivity contribution is 7.20. The number of thiophene rings is 1. The molecule has 98 valence electrons. The topological polar surface area (TPSA) is 42.9 Å². The normalized spacial score (nSPS) is 11.0. The predicted octanol–water partition coefficient (Wildman–Crippen LogP) is 4.16. The molecule has 20 heavy (non-hydrogen) atoms. The lowest BCUT2D eigenvalue weighted by molar-refractivity contribution is 0.104. The smallest absolute Gasteiger partial charge is 0.187 e. The Kier molecular flexibility index (Phi) is 3.80. The van der Waals surface area contributed by atoms with Crippen molar-refractivity contribution < 1.29 is 4.79 Å². The van der Waals surface area contributed by atoms with Gasteiger partial charge in [-0.25, -0.2) is 4.98 Å². The van der Waals surface area contributed by atoms with E-state index in [1.807, 2.05) is 22.9 Å².